The second kappa shape index (κ2) is 4.71. The van der Waals surface area contributed by atoms with E-state index >= 15 is 0 Å². The monoisotopic (exact) mass is 213 g/mol. The van der Waals surface area contributed by atoms with Crippen LogP contribution >= 0.6 is 0 Å². The maximum atomic E-state index is 13.5. The van der Waals surface area contributed by atoms with Crippen molar-refractivity contribution >= 4 is 0 Å². The summed E-state index contributed by atoms with van der Waals surface area (Å²) in [5.74, 6) is -0.721. The van der Waals surface area contributed by atoms with E-state index in [1.165, 1.54) is 12.1 Å². The third-order valence-electron chi connectivity index (χ3n) is 2.66. The van der Waals surface area contributed by atoms with Gasteiger partial charge in [-0.1, -0.05) is 13.8 Å². The number of hydrogen-bond acceptors (Lipinski definition) is 1. The molecule has 84 valence electrons. The Kier molecular flexibility index (Phi) is 3.80. The molecule has 3 heteroatoms. The van der Waals surface area contributed by atoms with Crippen molar-refractivity contribution in [3.8, 4) is 0 Å². The molecular formula is C12H17F2N. The summed E-state index contributed by atoms with van der Waals surface area (Å²) >= 11 is 0. The molecular weight excluding hydrogens is 196 g/mol. The number of halogens is 2. The van der Waals surface area contributed by atoms with Gasteiger partial charge in [0.2, 0.25) is 0 Å². The molecule has 1 nitrogen and oxygen atoms in total. The summed E-state index contributed by atoms with van der Waals surface area (Å²) in [7, 11) is 1.85. The van der Waals surface area contributed by atoms with Crippen LogP contribution in [0.4, 0.5) is 8.78 Å². The Balaban J connectivity index is 2.97. The lowest BCUT2D eigenvalue weighted by molar-refractivity contribution is 0.438. The fourth-order valence-electron chi connectivity index (χ4n) is 1.59. The molecule has 0 saturated heterocycles. The number of hydrogen-bond donors (Lipinski definition) is 1. The summed E-state index contributed by atoms with van der Waals surface area (Å²) < 4.78 is 26.5. The zero-order valence-electron chi connectivity index (χ0n) is 9.40. The molecule has 0 heterocycles. The van der Waals surface area contributed by atoms with Crippen LogP contribution in [0.15, 0.2) is 18.2 Å². The lowest BCUT2D eigenvalue weighted by Crippen LogP contribution is -2.24. The van der Waals surface area contributed by atoms with Gasteiger partial charge in [0.25, 0.3) is 0 Å². The first-order chi connectivity index (χ1) is 6.97. The molecule has 0 unspecified atom stereocenters. The van der Waals surface area contributed by atoms with Gasteiger partial charge in [-0.25, -0.2) is 8.78 Å². The predicted molar refractivity (Wildman–Crippen MR) is 57.9 cm³/mol. The summed E-state index contributed by atoms with van der Waals surface area (Å²) in [5.41, 5.74) is 0.0904. The van der Waals surface area contributed by atoms with E-state index in [2.05, 4.69) is 5.32 Å². The molecule has 0 aliphatic heterocycles. The topological polar surface area (TPSA) is 12.0 Å². The molecule has 0 fully saturated rings. The molecule has 0 bridgehead atoms. The standard InChI is InChI=1S/C12H17F2N/c1-12(2,6-7-15-3)10-8-9(13)4-5-11(10)14/h4-5,8,15H,6-7H2,1-3H3. The van der Waals surface area contributed by atoms with Crippen molar-refractivity contribution in [2.45, 2.75) is 25.7 Å². The van der Waals surface area contributed by atoms with Gasteiger partial charge >= 0.3 is 0 Å². The van der Waals surface area contributed by atoms with Gasteiger partial charge in [-0.2, -0.15) is 0 Å². The van der Waals surface area contributed by atoms with Gasteiger partial charge < -0.3 is 5.32 Å². The van der Waals surface area contributed by atoms with E-state index in [1.807, 2.05) is 20.9 Å². The minimum Gasteiger partial charge on any atom is -0.320 e. The summed E-state index contributed by atoms with van der Waals surface area (Å²) in [6, 6.07) is 3.61. The second-order valence-corrected chi connectivity index (χ2v) is 4.36. The molecule has 1 N–H and O–H groups in total. The average Bonchev–Trinajstić information content (AvgIpc) is 2.18. The molecule has 0 atom stereocenters. The van der Waals surface area contributed by atoms with Crippen molar-refractivity contribution in [1.29, 1.82) is 0 Å². The zero-order chi connectivity index (χ0) is 11.5. The first kappa shape index (κ1) is 12.1. The third kappa shape index (κ3) is 2.99. The number of benzene rings is 1. The van der Waals surface area contributed by atoms with Gasteiger partial charge in [0.1, 0.15) is 11.6 Å². The minimum atomic E-state index is -0.385. The fourth-order valence-corrected chi connectivity index (χ4v) is 1.59. The summed E-state index contributed by atoms with van der Waals surface area (Å²) in [6.45, 7) is 4.62. The molecule has 0 aliphatic rings. The highest BCUT2D eigenvalue weighted by Crippen LogP contribution is 2.29. The highest BCUT2D eigenvalue weighted by molar-refractivity contribution is 5.26. The largest absolute Gasteiger partial charge is 0.320 e. The molecule has 0 radical (unpaired) electrons. The smallest absolute Gasteiger partial charge is 0.127 e. The summed E-state index contributed by atoms with van der Waals surface area (Å²) in [6.07, 6.45) is 0.768. The van der Waals surface area contributed by atoms with Gasteiger partial charge in [0, 0.05) is 0 Å². The van der Waals surface area contributed by atoms with Crippen molar-refractivity contribution in [3.05, 3.63) is 35.4 Å². The molecule has 0 saturated carbocycles. The van der Waals surface area contributed by atoms with E-state index in [4.69, 9.17) is 0 Å². The molecule has 0 aliphatic carbocycles. The third-order valence-corrected chi connectivity index (χ3v) is 2.66. The molecule has 1 rings (SSSR count). The zero-order valence-corrected chi connectivity index (χ0v) is 9.40. The van der Waals surface area contributed by atoms with Crippen LogP contribution < -0.4 is 5.32 Å². The quantitative estimate of drug-likeness (QED) is 0.811. The summed E-state index contributed by atoms with van der Waals surface area (Å²) in [4.78, 5) is 0. The Morgan fingerprint density at radius 1 is 1.27 bits per heavy atom. The predicted octanol–water partition coefficient (Wildman–Crippen LogP) is 2.85. The van der Waals surface area contributed by atoms with E-state index in [0.717, 1.165) is 19.0 Å². The molecule has 1 aromatic rings. The highest BCUT2D eigenvalue weighted by atomic mass is 19.1. The molecule has 0 aromatic heterocycles. The van der Waals surface area contributed by atoms with Crippen LogP contribution in [0.2, 0.25) is 0 Å². The Morgan fingerprint density at radius 2 is 1.93 bits per heavy atom. The van der Waals surface area contributed by atoms with Crippen LogP contribution in [0.3, 0.4) is 0 Å². The lowest BCUT2D eigenvalue weighted by Gasteiger charge is -2.25. The number of nitrogens with one attached hydrogen (secondary N) is 1. The van der Waals surface area contributed by atoms with E-state index in [9.17, 15) is 8.78 Å². The highest BCUT2D eigenvalue weighted by Gasteiger charge is 2.23. The van der Waals surface area contributed by atoms with Gasteiger partial charge in [-0.05, 0) is 49.2 Å². The Hall–Kier alpha value is -0.960. The van der Waals surface area contributed by atoms with Gasteiger partial charge in [0.05, 0.1) is 0 Å². The lowest BCUT2D eigenvalue weighted by atomic mass is 9.81. The van der Waals surface area contributed by atoms with Crippen LogP contribution in [0, 0.1) is 11.6 Å². The Morgan fingerprint density at radius 3 is 2.53 bits per heavy atom. The van der Waals surface area contributed by atoms with Gasteiger partial charge in [-0.15, -0.1) is 0 Å². The maximum Gasteiger partial charge on any atom is 0.127 e. The average molecular weight is 213 g/mol. The molecule has 0 amide bonds. The molecule has 0 spiro atoms. The van der Waals surface area contributed by atoms with Crippen molar-refractivity contribution in [2.75, 3.05) is 13.6 Å². The molecule has 15 heavy (non-hydrogen) atoms. The number of rotatable bonds is 4. The SMILES string of the molecule is CNCCC(C)(C)c1cc(F)ccc1F. The van der Waals surface area contributed by atoms with Gasteiger partial charge in [0.15, 0.2) is 0 Å². The molecule has 1 aromatic carbocycles. The normalized spacial score (nSPS) is 11.8. The van der Waals surface area contributed by atoms with Crippen molar-refractivity contribution in [1.82, 2.24) is 5.32 Å². The second-order valence-electron chi connectivity index (χ2n) is 4.36. The first-order valence-corrected chi connectivity index (χ1v) is 5.07. The van der Waals surface area contributed by atoms with Crippen LogP contribution in [0.1, 0.15) is 25.8 Å². The van der Waals surface area contributed by atoms with Crippen molar-refractivity contribution in [2.24, 2.45) is 0 Å². The van der Waals surface area contributed by atoms with E-state index < -0.39 is 0 Å². The van der Waals surface area contributed by atoms with Crippen molar-refractivity contribution in [3.63, 3.8) is 0 Å². The van der Waals surface area contributed by atoms with Crippen LogP contribution in [-0.4, -0.2) is 13.6 Å². The summed E-state index contributed by atoms with van der Waals surface area (Å²) in [5, 5.41) is 3.01. The van der Waals surface area contributed by atoms with Crippen LogP contribution in [0.25, 0.3) is 0 Å². The Labute approximate surface area is 89.5 Å². The van der Waals surface area contributed by atoms with E-state index in [0.29, 0.717) is 5.56 Å². The Bertz CT molecular complexity index is 334. The van der Waals surface area contributed by atoms with Crippen molar-refractivity contribution < 1.29 is 8.78 Å². The van der Waals surface area contributed by atoms with Crippen LogP contribution in [0.5, 0.6) is 0 Å². The van der Waals surface area contributed by atoms with Crippen LogP contribution in [-0.2, 0) is 5.41 Å². The fraction of sp³-hybridized carbons (Fsp3) is 0.500. The minimum absolute atomic E-state index is 0.336. The maximum absolute atomic E-state index is 13.5. The van der Waals surface area contributed by atoms with Gasteiger partial charge in [-0.3, -0.25) is 0 Å². The van der Waals surface area contributed by atoms with E-state index in [-0.39, 0.29) is 17.0 Å². The first-order valence-electron chi connectivity index (χ1n) is 5.07. The van der Waals surface area contributed by atoms with E-state index in [1.54, 1.807) is 0 Å².